The quantitative estimate of drug-likeness (QED) is 0.329. The van der Waals surface area contributed by atoms with Gasteiger partial charge in [0.05, 0.1) is 26.7 Å². The van der Waals surface area contributed by atoms with Gasteiger partial charge in [0.2, 0.25) is 6.54 Å². The minimum atomic E-state index is -1.64. The lowest BCUT2D eigenvalue weighted by Gasteiger charge is -2.24. The van der Waals surface area contributed by atoms with Gasteiger partial charge in [-0.15, -0.1) is 0 Å². The Hall–Kier alpha value is -2.71. The number of aryl methyl sites for hydroxylation is 1. The van der Waals surface area contributed by atoms with Crippen LogP contribution in [0.5, 0.6) is 5.75 Å². The Morgan fingerprint density at radius 2 is 1.96 bits per heavy atom. The highest BCUT2D eigenvalue weighted by molar-refractivity contribution is 5.96. The van der Waals surface area contributed by atoms with Gasteiger partial charge in [-0.1, -0.05) is 0 Å². The van der Waals surface area contributed by atoms with E-state index < -0.39 is 41.1 Å². The number of methoxy groups -OCH3 is 2. The third-order valence-corrected chi connectivity index (χ3v) is 4.09. The summed E-state index contributed by atoms with van der Waals surface area (Å²) in [5, 5.41) is 11.1. The van der Waals surface area contributed by atoms with E-state index in [1.807, 2.05) is 0 Å². The maximum absolute atomic E-state index is 14.6. The first kappa shape index (κ1) is 18.6. The molecule has 8 nitrogen and oxygen atoms in total. The minimum absolute atomic E-state index is 0.109. The Bertz CT molecular complexity index is 675. The summed E-state index contributed by atoms with van der Waals surface area (Å²) >= 11 is 0. The molecule has 1 atom stereocenters. The molecule has 1 aliphatic heterocycles. The fourth-order valence-electron chi connectivity index (χ4n) is 2.90. The molecule has 0 spiro atoms. The highest BCUT2D eigenvalue weighted by Gasteiger charge is 2.42. The number of nitrogens with zero attached hydrogens (tertiary/aromatic N) is 1. The number of fused-ring (bicyclic) bond motifs is 1. The fraction of sp³-hybridized carbons (Fsp3) is 0.500. The van der Waals surface area contributed by atoms with Gasteiger partial charge in [-0.25, -0.2) is 4.39 Å². The molecule has 0 fully saturated rings. The Kier molecular flexibility index (Phi) is 5.89. The second kappa shape index (κ2) is 7.91. The molecule has 9 heteroatoms. The molecule has 0 N–H and O–H groups in total. The van der Waals surface area contributed by atoms with Crippen LogP contribution in [0.25, 0.3) is 0 Å². The van der Waals surface area contributed by atoms with Crippen LogP contribution < -0.4 is 4.74 Å². The minimum Gasteiger partial charge on any atom is -0.493 e. The summed E-state index contributed by atoms with van der Waals surface area (Å²) in [7, 11) is 2.08. The lowest BCUT2D eigenvalue weighted by Crippen LogP contribution is -2.36. The summed E-state index contributed by atoms with van der Waals surface area (Å²) in [5.74, 6) is -5.47. The van der Waals surface area contributed by atoms with Gasteiger partial charge in [0, 0.05) is 11.0 Å². The predicted octanol–water partition coefficient (Wildman–Crippen LogP) is 1.47. The van der Waals surface area contributed by atoms with Crippen molar-refractivity contribution in [2.75, 3.05) is 27.4 Å². The first-order valence-electron chi connectivity index (χ1n) is 7.61. The van der Waals surface area contributed by atoms with E-state index in [0.717, 1.165) is 26.7 Å². The molecule has 136 valence electrons. The van der Waals surface area contributed by atoms with Crippen molar-refractivity contribution >= 4 is 11.9 Å². The van der Waals surface area contributed by atoms with Crippen LogP contribution in [0.4, 0.5) is 4.39 Å². The van der Waals surface area contributed by atoms with E-state index in [0.29, 0.717) is 24.3 Å². The lowest BCUT2D eigenvalue weighted by molar-refractivity contribution is -0.484. The number of carbonyl (C=O) groups excluding carboxylic acids is 2. The largest absolute Gasteiger partial charge is 0.493 e. The zero-order valence-corrected chi connectivity index (χ0v) is 13.8. The fourth-order valence-corrected chi connectivity index (χ4v) is 2.90. The van der Waals surface area contributed by atoms with Crippen LogP contribution in [0.2, 0.25) is 0 Å². The van der Waals surface area contributed by atoms with Crippen LogP contribution in [-0.4, -0.2) is 44.2 Å². The van der Waals surface area contributed by atoms with Crippen molar-refractivity contribution in [1.29, 1.82) is 0 Å². The maximum atomic E-state index is 14.6. The van der Waals surface area contributed by atoms with E-state index in [2.05, 4.69) is 9.47 Å². The Balaban J connectivity index is 2.54. The molecule has 2 rings (SSSR count). The molecule has 0 bridgehead atoms. The molecule has 0 amide bonds. The van der Waals surface area contributed by atoms with E-state index in [1.165, 1.54) is 6.07 Å². The van der Waals surface area contributed by atoms with E-state index in [-0.39, 0.29) is 5.56 Å². The average Bonchev–Trinajstić information content (AvgIpc) is 2.59. The first-order chi connectivity index (χ1) is 11.9. The van der Waals surface area contributed by atoms with Gasteiger partial charge in [0.15, 0.2) is 5.92 Å². The van der Waals surface area contributed by atoms with Crippen LogP contribution in [0.3, 0.4) is 0 Å². The summed E-state index contributed by atoms with van der Waals surface area (Å²) in [5.41, 5.74) is 0.561. The van der Waals surface area contributed by atoms with Crippen LogP contribution in [0, 0.1) is 21.8 Å². The molecule has 0 saturated carbocycles. The third kappa shape index (κ3) is 4.04. The molecular weight excluding hydrogens is 337 g/mol. The van der Waals surface area contributed by atoms with Crippen LogP contribution in [0.15, 0.2) is 12.1 Å². The number of rotatable bonds is 6. The number of esters is 2. The van der Waals surface area contributed by atoms with Crippen LogP contribution in [0.1, 0.15) is 23.5 Å². The van der Waals surface area contributed by atoms with Crippen molar-refractivity contribution in [3.05, 3.63) is 39.2 Å². The predicted molar refractivity (Wildman–Crippen MR) is 82.3 cm³/mol. The summed E-state index contributed by atoms with van der Waals surface area (Å²) in [6.07, 6.45) is 1.32. The number of benzene rings is 1. The molecule has 1 unspecified atom stereocenters. The highest BCUT2D eigenvalue weighted by atomic mass is 19.1. The summed E-state index contributed by atoms with van der Waals surface area (Å²) in [6, 6.07) is 2.54. The standard InChI is InChI=1S/C16H18FNO7/c1-23-15(19)14(16(20)24-2)11(8-18(21)22)10-6-9-4-3-5-25-13(9)7-12(10)17/h6-7,11,14H,3-5,8H2,1-2H3. The molecule has 0 radical (unpaired) electrons. The van der Waals surface area contributed by atoms with Crippen molar-refractivity contribution in [3.63, 3.8) is 0 Å². The van der Waals surface area contributed by atoms with Gasteiger partial charge in [-0.2, -0.15) is 0 Å². The van der Waals surface area contributed by atoms with Gasteiger partial charge < -0.3 is 14.2 Å². The van der Waals surface area contributed by atoms with Crippen molar-refractivity contribution in [1.82, 2.24) is 0 Å². The van der Waals surface area contributed by atoms with E-state index in [1.54, 1.807) is 0 Å². The SMILES string of the molecule is COC(=O)C(C(=O)OC)C(C[N+](=O)[O-])c1cc2c(cc1F)OCCC2. The Labute approximate surface area is 143 Å². The van der Waals surface area contributed by atoms with Crippen molar-refractivity contribution in [2.24, 2.45) is 5.92 Å². The van der Waals surface area contributed by atoms with Gasteiger partial charge in [0.25, 0.3) is 0 Å². The molecule has 0 aromatic heterocycles. The molecule has 1 aromatic carbocycles. The molecule has 0 saturated heterocycles. The lowest BCUT2D eigenvalue weighted by atomic mass is 9.84. The molecule has 1 heterocycles. The number of ether oxygens (including phenoxy) is 3. The molecule has 1 aliphatic rings. The topological polar surface area (TPSA) is 105 Å². The first-order valence-corrected chi connectivity index (χ1v) is 7.61. The zero-order valence-electron chi connectivity index (χ0n) is 13.8. The maximum Gasteiger partial charge on any atom is 0.320 e. The number of hydrogen-bond donors (Lipinski definition) is 0. The second-order valence-electron chi connectivity index (χ2n) is 5.58. The Morgan fingerprint density at radius 1 is 1.32 bits per heavy atom. The number of halogens is 1. The molecule has 1 aromatic rings. The van der Waals surface area contributed by atoms with Gasteiger partial charge >= 0.3 is 11.9 Å². The van der Waals surface area contributed by atoms with Crippen LogP contribution >= 0.6 is 0 Å². The summed E-state index contributed by atoms with van der Waals surface area (Å²) in [6.45, 7) is -0.373. The van der Waals surface area contributed by atoms with Gasteiger partial charge in [-0.05, 0) is 30.0 Å². The summed E-state index contributed by atoms with van der Waals surface area (Å²) in [4.78, 5) is 34.4. The van der Waals surface area contributed by atoms with E-state index >= 15 is 0 Å². The van der Waals surface area contributed by atoms with Gasteiger partial charge in [-0.3, -0.25) is 19.7 Å². The van der Waals surface area contributed by atoms with Crippen molar-refractivity contribution < 1.29 is 33.1 Å². The highest BCUT2D eigenvalue weighted by Crippen LogP contribution is 2.35. The van der Waals surface area contributed by atoms with Crippen LogP contribution in [-0.2, 0) is 25.5 Å². The zero-order chi connectivity index (χ0) is 18.6. The second-order valence-corrected chi connectivity index (χ2v) is 5.58. The number of carbonyl (C=O) groups is 2. The smallest absolute Gasteiger partial charge is 0.320 e. The van der Waals surface area contributed by atoms with Crippen molar-refractivity contribution in [3.8, 4) is 5.75 Å². The third-order valence-electron chi connectivity index (χ3n) is 4.09. The number of hydrogen-bond acceptors (Lipinski definition) is 7. The van der Waals surface area contributed by atoms with Gasteiger partial charge in [0.1, 0.15) is 11.6 Å². The monoisotopic (exact) mass is 355 g/mol. The molecular formula is C16H18FNO7. The van der Waals surface area contributed by atoms with E-state index in [4.69, 9.17) is 4.74 Å². The Morgan fingerprint density at radius 3 is 2.52 bits per heavy atom. The summed E-state index contributed by atoms with van der Waals surface area (Å²) < 4.78 is 29.1. The van der Waals surface area contributed by atoms with Crippen molar-refractivity contribution in [2.45, 2.75) is 18.8 Å². The molecule has 0 aliphatic carbocycles. The average molecular weight is 355 g/mol. The number of nitro groups is 1. The normalized spacial score (nSPS) is 14.2. The molecule has 25 heavy (non-hydrogen) atoms. The van der Waals surface area contributed by atoms with E-state index in [9.17, 15) is 24.1 Å².